The molecule has 1 aromatic rings. The maximum Gasteiger partial charge on any atom is 0.243 e. The summed E-state index contributed by atoms with van der Waals surface area (Å²) in [5.41, 5.74) is 0.935. The molecule has 0 heterocycles. The van der Waals surface area contributed by atoms with Crippen molar-refractivity contribution in [3.8, 4) is 0 Å². The highest BCUT2D eigenvalue weighted by atomic mass is 32.2. The van der Waals surface area contributed by atoms with Crippen molar-refractivity contribution in [1.29, 1.82) is 0 Å². The lowest BCUT2D eigenvalue weighted by Crippen LogP contribution is -2.43. The SMILES string of the molecule is CCNC(=O)[C@H](C)N[C@H](C)c1ccc(S(=O)(=O)N(CC)CC)cc1. The summed E-state index contributed by atoms with van der Waals surface area (Å²) in [4.78, 5) is 12.1. The molecule has 2 atom stereocenters. The zero-order valence-electron chi connectivity index (χ0n) is 15.2. The number of rotatable bonds is 9. The summed E-state index contributed by atoms with van der Waals surface area (Å²) in [6.07, 6.45) is 0. The van der Waals surface area contributed by atoms with Gasteiger partial charge >= 0.3 is 0 Å². The second kappa shape index (κ2) is 9.15. The topological polar surface area (TPSA) is 78.5 Å². The molecular formula is C17H29N3O3S. The number of likely N-dealkylation sites (N-methyl/N-ethyl adjacent to an activating group) is 1. The highest BCUT2D eigenvalue weighted by Crippen LogP contribution is 2.19. The summed E-state index contributed by atoms with van der Waals surface area (Å²) in [5.74, 6) is -0.0509. The minimum Gasteiger partial charge on any atom is -0.355 e. The van der Waals surface area contributed by atoms with E-state index in [2.05, 4.69) is 10.6 Å². The number of nitrogens with one attached hydrogen (secondary N) is 2. The second-order valence-electron chi connectivity index (χ2n) is 5.66. The van der Waals surface area contributed by atoms with E-state index in [0.717, 1.165) is 5.56 Å². The van der Waals surface area contributed by atoms with Gasteiger partial charge in [-0.1, -0.05) is 26.0 Å². The molecule has 0 aliphatic heterocycles. The minimum atomic E-state index is -3.44. The molecule has 1 aromatic carbocycles. The molecule has 0 aliphatic rings. The number of carbonyl (C=O) groups excluding carboxylic acids is 1. The fourth-order valence-electron chi connectivity index (χ4n) is 2.52. The van der Waals surface area contributed by atoms with E-state index in [1.54, 1.807) is 31.2 Å². The normalized spacial score (nSPS) is 14.4. The number of hydrogen-bond donors (Lipinski definition) is 2. The van der Waals surface area contributed by atoms with E-state index in [0.29, 0.717) is 24.5 Å². The van der Waals surface area contributed by atoms with Gasteiger partial charge in [-0.15, -0.1) is 0 Å². The Labute approximate surface area is 145 Å². The molecule has 136 valence electrons. The lowest BCUT2D eigenvalue weighted by molar-refractivity contribution is -0.122. The number of sulfonamides is 1. The molecule has 0 spiro atoms. The summed E-state index contributed by atoms with van der Waals surface area (Å²) in [6.45, 7) is 10.8. The maximum atomic E-state index is 12.5. The van der Waals surface area contributed by atoms with Crippen molar-refractivity contribution in [3.05, 3.63) is 29.8 Å². The van der Waals surface area contributed by atoms with Gasteiger partial charge in [0, 0.05) is 25.7 Å². The zero-order chi connectivity index (χ0) is 18.3. The van der Waals surface area contributed by atoms with Gasteiger partial charge in [0.15, 0.2) is 0 Å². The largest absolute Gasteiger partial charge is 0.355 e. The predicted molar refractivity (Wildman–Crippen MR) is 96.2 cm³/mol. The van der Waals surface area contributed by atoms with Crippen LogP contribution in [0.2, 0.25) is 0 Å². The highest BCUT2D eigenvalue weighted by molar-refractivity contribution is 7.89. The maximum absolute atomic E-state index is 12.5. The number of carbonyl (C=O) groups is 1. The molecule has 0 radical (unpaired) electrons. The van der Waals surface area contributed by atoms with Crippen molar-refractivity contribution in [2.24, 2.45) is 0 Å². The van der Waals surface area contributed by atoms with Crippen LogP contribution in [-0.2, 0) is 14.8 Å². The summed E-state index contributed by atoms with van der Waals surface area (Å²) in [6, 6.07) is 6.44. The van der Waals surface area contributed by atoms with Gasteiger partial charge in [0.2, 0.25) is 15.9 Å². The average molecular weight is 356 g/mol. The predicted octanol–water partition coefficient (Wildman–Crippen LogP) is 1.89. The van der Waals surface area contributed by atoms with E-state index in [1.807, 2.05) is 27.7 Å². The molecule has 0 saturated carbocycles. The Morgan fingerprint density at radius 2 is 1.62 bits per heavy atom. The molecule has 0 aromatic heterocycles. The van der Waals surface area contributed by atoms with Crippen molar-refractivity contribution in [3.63, 3.8) is 0 Å². The van der Waals surface area contributed by atoms with Crippen molar-refractivity contribution >= 4 is 15.9 Å². The van der Waals surface area contributed by atoms with E-state index < -0.39 is 10.0 Å². The molecular weight excluding hydrogens is 326 g/mol. The van der Waals surface area contributed by atoms with Crippen molar-refractivity contribution in [1.82, 2.24) is 14.9 Å². The zero-order valence-corrected chi connectivity index (χ0v) is 16.0. The quantitative estimate of drug-likeness (QED) is 0.709. The first-order valence-corrected chi connectivity index (χ1v) is 9.85. The molecule has 2 N–H and O–H groups in total. The van der Waals surface area contributed by atoms with Crippen LogP contribution in [0.1, 0.15) is 46.2 Å². The number of hydrogen-bond acceptors (Lipinski definition) is 4. The van der Waals surface area contributed by atoms with Gasteiger partial charge in [0.1, 0.15) is 0 Å². The highest BCUT2D eigenvalue weighted by Gasteiger charge is 2.22. The third-order valence-electron chi connectivity index (χ3n) is 3.97. The minimum absolute atomic E-state index is 0.0509. The third-order valence-corrected chi connectivity index (χ3v) is 6.03. The van der Waals surface area contributed by atoms with Crippen LogP contribution in [0.5, 0.6) is 0 Å². The molecule has 0 bridgehead atoms. The number of benzene rings is 1. The second-order valence-corrected chi connectivity index (χ2v) is 7.60. The van der Waals surface area contributed by atoms with Crippen LogP contribution in [-0.4, -0.2) is 44.3 Å². The Kier molecular flexibility index (Phi) is 7.86. The average Bonchev–Trinajstić information content (AvgIpc) is 2.56. The first kappa shape index (κ1) is 20.6. The first-order valence-electron chi connectivity index (χ1n) is 8.41. The molecule has 6 nitrogen and oxygen atoms in total. The van der Waals surface area contributed by atoms with Crippen molar-refractivity contribution in [2.45, 2.75) is 51.6 Å². The van der Waals surface area contributed by atoms with Crippen LogP contribution in [0.15, 0.2) is 29.2 Å². The van der Waals surface area contributed by atoms with Gasteiger partial charge in [-0.25, -0.2) is 8.42 Å². The summed E-state index contributed by atoms with van der Waals surface area (Å²) >= 11 is 0. The molecule has 1 amide bonds. The van der Waals surface area contributed by atoms with E-state index in [9.17, 15) is 13.2 Å². The van der Waals surface area contributed by atoms with Crippen LogP contribution in [0.25, 0.3) is 0 Å². The Bertz CT molecular complexity index is 625. The Hall–Kier alpha value is -1.44. The van der Waals surface area contributed by atoms with Gasteiger partial charge in [0.25, 0.3) is 0 Å². The molecule has 1 rings (SSSR count). The lowest BCUT2D eigenvalue weighted by Gasteiger charge is -2.21. The summed E-state index contributed by atoms with van der Waals surface area (Å²) in [7, 11) is -3.44. The number of amides is 1. The van der Waals surface area contributed by atoms with Crippen molar-refractivity contribution < 1.29 is 13.2 Å². The van der Waals surface area contributed by atoms with Gasteiger partial charge in [0.05, 0.1) is 10.9 Å². The third kappa shape index (κ3) is 5.03. The Morgan fingerprint density at radius 3 is 2.08 bits per heavy atom. The standard InChI is InChI=1S/C17H29N3O3S/c1-6-18-17(21)14(5)19-13(4)15-9-11-16(12-10-15)24(22,23)20(7-2)8-3/h9-14,19H,6-8H2,1-5H3,(H,18,21)/t13-,14+/m1/s1. The van der Waals surface area contributed by atoms with Gasteiger partial charge in [-0.3, -0.25) is 10.1 Å². The summed E-state index contributed by atoms with van der Waals surface area (Å²) < 4.78 is 26.4. The number of nitrogens with zero attached hydrogens (tertiary/aromatic N) is 1. The fraction of sp³-hybridized carbons (Fsp3) is 0.588. The van der Waals surface area contributed by atoms with E-state index >= 15 is 0 Å². The lowest BCUT2D eigenvalue weighted by atomic mass is 10.1. The van der Waals surface area contributed by atoms with E-state index in [1.165, 1.54) is 4.31 Å². The van der Waals surface area contributed by atoms with Crippen LogP contribution < -0.4 is 10.6 Å². The molecule has 0 fully saturated rings. The van der Waals surface area contributed by atoms with Gasteiger partial charge in [-0.05, 0) is 38.5 Å². The Morgan fingerprint density at radius 1 is 1.08 bits per heavy atom. The summed E-state index contributed by atoms with van der Waals surface area (Å²) in [5, 5.41) is 5.98. The van der Waals surface area contributed by atoms with Gasteiger partial charge in [-0.2, -0.15) is 4.31 Å². The van der Waals surface area contributed by atoms with Crippen molar-refractivity contribution in [2.75, 3.05) is 19.6 Å². The Balaban J connectivity index is 2.85. The van der Waals surface area contributed by atoms with E-state index in [4.69, 9.17) is 0 Å². The molecule has 0 saturated heterocycles. The van der Waals surface area contributed by atoms with Crippen LogP contribution in [0.4, 0.5) is 0 Å². The van der Waals surface area contributed by atoms with Crippen LogP contribution in [0, 0.1) is 0 Å². The molecule has 0 aliphatic carbocycles. The van der Waals surface area contributed by atoms with Crippen LogP contribution in [0.3, 0.4) is 0 Å². The van der Waals surface area contributed by atoms with Crippen LogP contribution >= 0.6 is 0 Å². The van der Waals surface area contributed by atoms with E-state index in [-0.39, 0.29) is 18.0 Å². The monoisotopic (exact) mass is 355 g/mol. The first-order chi connectivity index (χ1) is 11.3. The molecule has 24 heavy (non-hydrogen) atoms. The van der Waals surface area contributed by atoms with Gasteiger partial charge < -0.3 is 5.32 Å². The smallest absolute Gasteiger partial charge is 0.243 e. The fourth-order valence-corrected chi connectivity index (χ4v) is 3.97. The molecule has 7 heteroatoms. The molecule has 0 unspecified atom stereocenters.